The Labute approximate surface area is 232 Å². The van der Waals surface area contributed by atoms with Crippen LogP contribution in [0.1, 0.15) is 50.5 Å². The lowest BCUT2D eigenvalue weighted by molar-refractivity contribution is -0.387. The molecule has 11 heteroatoms. The van der Waals surface area contributed by atoms with Gasteiger partial charge in [-0.15, -0.1) is 11.3 Å². The van der Waals surface area contributed by atoms with Gasteiger partial charge in [0.15, 0.2) is 5.16 Å². The van der Waals surface area contributed by atoms with E-state index >= 15 is 0 Å². The summed E-state index contributed by atoms with van der Waals surface area (Å²) in [7, 11) is 0. The number of aliphatic imine (C=N–C) groups is 1. The van der Waals surface area contributed by atoms with Crippen LogP contribution in [0.15, 0.2) is 74.4 Å². The van der Waals surface area contributed by atoms with Crippen LogP contribution in [0.2, 0.25) is 0 Å². The summed E-state index contributed by atoms with van der Waals surface area (Å²) in [5.74, 6) is -0.164. The third-order valence-electron chi connectivity index (χ3n) is 6.24. The second kappa shape index (κ2) is 11.7. The van der Waals surface area contributed by atoms with Crippen LogP contribution in [-0.4, -0.2) is 27.0 Å². The zero-order chi connectivity index (χ0) is 27.4. The van der Waals surface area contributed by atoms with Gasteiger partial charge in [-0.3, -0.25) is 19.7 Å². The molecule has 0 saturated carbocycles. The highest BCUT2D eigenvalue weighted by Crippen LogP contribution is 2.40. The number of nitro benzene ring substituents is 1. The van der Waals surface area contributed by atoms with Gasteiger partial charge in [0.1, 0.15) is 5.00 Å². The number of nitrogens with one attached hydrogen (secondary N) is 2. The van der Waals surface area contributed by atoms with Crippen LogP contribution in [0.4, 0.5) is 10.7 Å². The largest absolute Gasteiger partial charge is 0.348 e. The van der Waals surface area contributed by atoms with Gasteiger partial charge in [0.05, 0.1) is 15.4 Å². The number of hydrogen-bond donors (Lipinski definition) is 2. The van der Waals surface area contributed by atoms with E-state index in [4.69, 9.17) is 0 Å². The first-order valence-electron chi connectivity index (χ1n) is 12.4. The maximum absolute atomic E-state index is 13.3. The summed E-state index contributed by atoms with van der Waals surface area (Å²) in [4.78, 5) is 49.4. The number of nitro groups is 1. The second-order valence-electron chi connectivity index (χ2n) is 9.10. The number of aromatic nitrogens is 2. The topological polar surface area (TPSA) is 130 Å². The molecule has 2 aromatic heterocycles. The fraction of sp³-hybridized carbons (Fsp3) is 0.214. The first-order chi connectivity index (χ1) is 18.9. The molecule has 0 atom stereocenters. The number of thiophene rings is 1. The van der Waals surface area contributed by atoms with E-state index in [0.29, 0.717) is 33.3 Å². The number of benzene rings is 2. The first kappa shape index (κ1) is 26.5. The molecule has 4 aromatic rings. The molecule has 2 N–H and O–H groups in total. The standard InChI is InChI=1S/C28H25N5O4S2/c1-17-13-24(34)32-28(31-17)39-23-12-11-19(14-21(23)33(36)37)16-30-27-25(20-9-5-6-10-22(20)38-27)26(35)29-15-18-7-3-2-4-8-18/h2-4,7-8,11-14,16H,5-6,9-10,15H2,1H3,(H,29,35)(H,31,32,34). The van der Waals surface area contributed by atoms with Gasteiger partial charge >= 0.3 is 0 Å². The number of fused-ring (bicyclic) bond motifs is 1. The molecule has 0 aliphatic heterocycles. The second-order valence-corrected chi connectivity index (χ2v) is 11.2. The Kier molecular flexibility index (Phi) is 7.99. The van der Waals surface area contributed by atoms with E-state index in [0.717, 1.165) is 48.6 Å². The van der Waals surface area contributed by atoms with Crippen LogP contribution >= 0.6 is 23.1 Å². The Hall–Kier alpha value is -4.09. The van der Waals surface area contributed by atoms with Gasteiger partial charge in [-0.1, -0.05) is 36.4 Å². The van der Waals surface area contributed by atoms with Crippen molar-refractivity contribution in [2.75, 3.05) is 0 Å². The Bertz CT molecular complexity index is 1630. The maximum Gasteiger partial charge on any atom is 0.283 e. The molecule has 9 nitrogen and oxygen atoms in total. The van der Waals surface area contributed by atoms with Crippen molar-refractivity contribution in [1.82, 2.24) is 15.3 Å². The van der Waals surface area contributed by atoms with Crippen LogP contribution in [0.25, 0.3) is 0 Å². The molecule has 5 rings (SSSR count). The van der Waals surface area contributed by atoms with Gasteiger partial charge in [0.25, 0.3) is 17.2 Å². The molecule has 0 bridgehead atoms. The normalized spacial score (nSPS) is 12.8. The van der Waals surface area contributed by atoms with Crippen LogP contribution in [0.5, 0.6) is 0 Å². The summed E-state index contributed by atoms with van der Waals surface area (Å²) < 4.78 is 0. The van der Waals surface area contributed by atoms with Crippen LogP contribution in [0, 0.1) is 17.0 Å². The predicted molar refractivity (Wildman–Crippen MR) is 153 cm³/mol. The number of rotatable bonds is 8. The van der Waals surface area contributed by atoms with Crippen molar-refractivity contribution >= 4 is 45.9 Å². The SMILES string of the molecule is Cc1cc(=O)[nH]c(Sc2ccc(C=Nc3sc4c(c3C(=O)NCc3ccccc3)CCCC4)cc2[N+](=O)[O-])n1. The molecule has 1 amide bonds. The highest BCUT2D eigenvalue weighted by Gasteiger charge is 2.25. The summed E-state index contributed by atoms with van der Waals surface area (Å²) in [5, 5.41) is 15.7. The van der Waals surface area contributed by atoms with Crippen molar-refractivity contribution in [3.63, 3.8) is 0 Å². The fourth-order valence-corrected chi connectivity index (χ4v) is 6.58. The lowest BCUT2D eigenvalue weighted by Crippen LogP contribution is -2.24. The van der Waals surface area contributed by atoms with Crippen molar-refractivity contribution in [3.8, 4) is 0 Å². The Morgan fingerprint density at radius 3 is 2.77 bits per heavy atom. The summed E-state index contributed by atoms with van der Waals surface area (Å²) in [6, 6.07) is 15.8. The summed E-state index contributed by atoms with van der Waals surface area (Å²) in [6.45, 7) is 2.10. The molecule has 39 heavy (non-hydrogen) atoms. The highest BCUT2D eigenvalue weighted by atomic mass is 32.2. The zero-order valence-corrected chi connectivity index (χ0v) is 22.7. The van der Waals surface area contributed by atoms with Gasteiger partial charge in [-0.25, -0.2) is 9.98 Å². The van der Waals surface area contributed by atoms with Crippen molar-refractivity contribution in [2.24, 2.45) is 4.99 Å². The molecule has 2 aromatic carbocycles. The molecular formula is C28H25N5O4S2. The molecule has 198 valence electrons. The van der Waals surface area contributed by atoms with Gasteiger partial charge in [-0.05, 0) is 67.1 Å². The summed E-state index contributed by atoms with van der Waals surface area (Å²) in [5.41, 5.74) is 3.27. The predicted octanol–water partition coefficient (Wildman–Crippen LogP) is 5.76. The highest BCUT2D eigenvalue weighted by molar-refractivity contribution is 7.99. The van der Waals surface area contributed by atoms with Crippen molar-refractivity contribution in [2.45, 2.75) is 49.2 Å². The third-order valence-corrected chi connectivity index (χ3v) is 8.39. The molecule has 1 aliphatic rings. The number of amides is 1. The number of nitrogens with zero attached hydrogens (tertiary/aromatic N) is 3. The van der Waals surface area contributed by atoms with E-state index in [-0.39, 0.29) is 22.3 Å². The minimum Gasteiger partial charge on any atom is -0.348 e. The summed E-state index contributed by atoms with van der Waals surface area (Å²) in [6.07, 6.45) is 5.41. The molecule has 1 aliphatic carbocycles. The van der Waals surface area contributed by atoms with E-state index < -0.39 is 4.92 Å². The zero-order valence-electron chi connectivity index (χ0n) is 21.1. The fourth-order valence-electron chi connectivity index (χ4n) is 4.42. The Morgan fingerprint density at radius 2 is 2.00 bits per heavy atom. The van der Waals surface area contributed by atoms with E-state index in [1.165, 1.54) is 28.3 Å². The van der Waals surface area contributed by atoms with E-state index in [2.05, 4.69) is 20.3 Å². The molecule has 0 saturated heterocycles. The molecule has 0 unspecified atom stereocenters. The van der Waals surface area contributed by atoms with Crippen molar-refractivity contribution in [3.05, 3.63) is 108 Å². The summed E-state index contributed by atoms with van der Waals surface area (Å²) >= 11 is 2.53. The number of carbonyl (C=O) groups is 1. The number of H-pyrrole nitrogens is 1. The molecule has 0 fully saturated rings. The first-order valence-corrected chi connectivity index (χ1v) is 14.1. The smallest absolute Gasteiger partial charge is 0.283 e. The van der Waals surface area contributed by atoms with Gasteiger partial charge in [0, 0.05) is 35.5 Å². The van der Waals surface area contributed by atoms with E-state index in [1.807, 2.05) is 30.3 Å². The lowest BCUT2D eigenvalue weighted by atomic mass is 9.95. The average Bonchev–Trinajstić information content (AvgIpc) is 3.29. The quantitative estimate of drug-likeness (QED) is 0.122. The minimum absolute atomic E-state index is 0.126. The van der Waals surface area contributed by atoms with E-state index in [1.54, 1.807) is 25.3 Å². The molecule has 2 heterocycles. The maximum atomic E-state index is 13.3. The van der Waals surface area contributed by atoms with E-state index in [9.17, 15) is 19.7 Å². The van der Waals surface area contributed by atoms with Crippen molar-refractivity contribution < 1.29 is 9.72 Å². The van der Waals surface area contributed by atoms with Gasteiger partial charge in [-0.2, -0.15) is 0 Å². The van der Waals surface area contributed by atoms with Crippen LogP contribution in [-0.2, 0) is 19.4 Å². The molecule has 0 spiro atoms. The Morgan fingerprint density at radius 1 is 1.21 bits per heavy atom. The Balaban J connectivity index is 1.42. The molecule has 0 radical (unpaired) electrons. The number of carbonyl (C=O) groups excluding carboxylic acids is 1. The van der Waals surface area contributed by atoms with Crippen LogP contribution < -0.4 is 10.9 Å². The van der Waals surface area contributed by atoms with Crippen molar-refractivity contribution in [1.29, 1.82) is 0 Å². The lowest BCUT2D eigenvalue weighted by Gasteiger charge is -2.12. The minimum atomic E-state index is -0.472. The molecular weight excluding hydrogens is 534 g/mol. The monoisotopic (exact) mass is 559 g/mol. The number of aromatic amines is 1. The average molecular weight is 560 g/mol. The number of hydrogen-bond acceptors (Lipinski definition) is 8. The van der Waals surface area contributed by atoms with Gasteiger partial charge in [0.2, 0.25) is 0 Å². The third kappa shape index (κ3) is 6.32. The van der Waals surface area contributed by atoms with Crippen LogP contribution in [0.3, 0.4) is 0 Å². The number of aryl methyl sites for hydroxylation is 2. The van der Waals surface area contributed by atoms with Gasteiger partial charge < -0.3 is 10.3 Å².